The number of hydrogen-bond donors (Lipinski definition) is 3. The van der Waals surface area contributed by atoms with Crippen molar-refractivity contribution in [3.05, 3.63) is 88.5 Å². The van der Waals surface area contributed by atoms with Crippen LogP contribution in [0.2, 0.25) is 0 Å². The molecular formula is C25H20N6O6. The monoisotopic (exact) mass is 500 g/mol. The summed E-state index contributed by atoms with van der Waals surface area (Å²) in [6.45, 7) is 1.68. The van der Waals surface area contributed by atoms with Gasteiger partial charge in [0.25, 0.3) is 5.69 Å². The summed E-state index contributed by atoms with van der Waals surface area (Å²) in [6, 6.07) is 18.8. The van der Waals surface area contributed by atoms with E-state index in [0.717, 1.165) is 5.56 Å². The molecule has 0 aliphatic carbocycles. The van der Waals surface area contributed by atoms with Gasteiger partial charge < -0.3 is 20.3 Å². The van der Waals surface area contributed by atoms with E-state index in [9.17, 15) is 29.6 Å². The van der Waals surface area contributed by atoms with Crippen LogP contribution in [0.3, 0.4) is 0 Å². The van der Waals surface area contributed by atoms with Crippen molar-refractivity contribution in [2.24, 2.45) is 10.2 Å². The van der Waals surface area contributed by atoms with E-state index in [1.807, 2.05) is 19.1 Å². The number of anilines is 2. The maximum absolute atomic E-state index is 12.6. The number of nitrogens with zero attached hydrogens (tertiary/aromatic N) is 4. The summed E-state index contributed by atoms with van der Waals surface area (Å²) in [5.41, 5.74) is 1.99. The van der Waals surface area contributed by atoms with Gasteiger partial charge in [0.15, 0.2) is 5.69 Å². The van der Waals surface area contributed by atoms with Gasteiger partial charge in [0, 0.05) is 28.9 Å². The summed E-state index contributed by atoms with van der Waals surface area (Å²) < 4.78 is 1.31. The SMILES string of the molecule is Cc1ccc(NC(=O)Cn2c(O)c(N=NC(=O)C(=O)Nc3ccc([N+](=O)[O-])cc3)c3ccccc32)cc1. The first kappa shape index (κ1) is 24.7. The molecule has 0 saturated carbocycles. The summed E-state index contributed by atoms with van der Waals surface area (Å²) >= 11 is 0. The Balaban J connectivity index is 1.51. The molecule has 0 saturated heterocycles. The molecule has 12 heteroatoms. The number of carbonyl (C=O) groups is 3. The van der Waals surface area contributed by atoms with Gasteiger partial charge in [-0.3, -0.25) is 24.5 Å². The number of aromatic nitrogens is 1. The number of fused-ring (bicyclic) bond motifs is 1. The number of aromatic hydroxyl groups is 1. The molecule has 12 nitrogen and oxygen atoms in total. The molecule has 3 N–H and O–H groups in total. The lowest BCUT2D eigenvalue weighted by molar-refractivity contribution is -0.384. The van der Waals surface area contributed by atoms with Crippen LogP contribution in [0.5, 0.6) is 5.88 Å². The van der Waals surface area contributed by atoms with Crippen LogP contribution in [-0.2, 0) is 20.9 Å². The lowest BCUT2D eigenvalue weighted by Gasteiger charge is -2.08. The minimum atomic E-state index is -1.26. The van der Waals surface area contributed by atoms with E-state index in [-0.39, 0.29) is 23.6 Å². The quantitative estimate of drug-likeness (QED) is 0.153. The fourth-order valence-corrected chi connectivity index (χ4v) is 3.50. The largest absolute Gasteiger partial charge is 0.493 e. The second kappa shape index (κ2) is 10.5. The van der Waals surface area contributed by atoms with Crippen molar-refractivity contribution in [3.8, 4) is 5.88 Å². The van der Waals surface area contributed by atoms with Gasteiger partial charge in [0.1, 0.15) is 6.54 Å². The van der Waals surface area contributed by atoms with Gasteiger partial charge in [-0.15, -0.1) is 10.2 Å². The molecule has 0 spiro atoms. The van der Waals surface area contributed by atoms with Crippen LogP contribution >= 0.6 is 0 Å². The minimum Gasteiger partial charge on any atom is -0.493 e. The third kappa shape index (κ3) is 5.65. The number of amides is 3. The number of aryl methyl sites for hydroxylation is 1. The Hall–Kier alpha value is -5.39. The highest BCUT2D eigenvalue weighted by molar-refractivity contribution is 6.40. The summed E-state index contributed by atoms with van der Waals surface area (Å²) in [4.78, 5) is 47.1. The first-order valence-corrected chi connectivity index (χ1v) is 10.9. The molecule has 0 atom stereocenters. The molecule has 0 bridgehead atoms. The van der Waals surface area contributed by atoms with Crippen molar-refractivity contribution in [2.75, 3.05) is 10.6 Å². The standard InChI is InChI=1S/C25H20N6O6/c1-15-6-8-16(9-7-15)26-21(32)14-30-20-5-3-2-4-19(20)22(25(30)35)28-29-24(34)23(33)27-17-10-12-18(13-11-17)31(36)37/h2-13,35H,14H2,1H3,(H,26,32)(H,27,33). The first-order valence-electron chi connectivity index (χ1n) is 10.9. The molecule has 0 unspecified atom stereocenters. The van der Waals surface area contributed by atoms with Crippen molar-refractivity contribution in [1.82, 2.24) is 4.57 Å². The van der Waals surface area contributed by atoms with E-state index in [4.69, 9.17) is 0 Å². The van der Waals surface area contributed by atoms with Crippen LogP contribution in [0.4, 0.5) is 22.7 Å². The summed E-state index contributed by atoms with van der Waals surface area (Å²) in [5, 5.41) is 34.1. The minimum absolute atomic E-state index is 0.0878. The van der Waals surface area contributed by atoms with Crippen molar-refractivity contribution in [2.45, 2.75) is 13.5 Å². The molecule has 0 radical (unpaired) electrons. The maximum atomic E-state index is 12.6. The Morgan fingerprint density at radius 1 is 0.946 bits per heavy atom. The third-order valence-corrected chi connectivity index (χ3v) is 5.33. The zero-order valence-electron chi connectivity index (χ0n) is 19.4. The lowest BCUT2D eigenvalue weighted by Crippen LogP contribution is -2.20. The fourth-order valence-electron chi connectivity index (χ4n) is 3.50. The van der Waals surface area contributed by atoms with Gasteiger partial charge in [-0.25, -0.2) is 0 Å². The molecule has 1 aromatic heterocycles. The van der Waals surface area contributed by atoms with Gasteiger partial charge in [-0.1, -0.05) is 35.9 Å². The van der Waals surface area contributed by atoms with Gasteiger partial charge in [0.05, 0.1) is 10.4 Å². The Morgan fingerprint density at radius 2 is 1.57 bits per heavy atom. The van der Waals surface area contributed by atoms with E-state index in [1.165, 1.54) is 28.8 Å². The number of nitro groups is 1. The highest BCUT2D eigenvalue weighted by Crippen LogP contribution is 2.38. The van der Waals surface area contributed by atoms with Crippen LogP contribution in [0.25, 0.3) is 10.9 Å². The Labute approximate surface area is 209 Å². The molecule has 0 aliphatic rings. The number of benzene rings is 3. The van der Waals surface area contributed by atoms with Gasteiger partial charge >= 0.3 is 11.8 Å². The van der Waals surface area contributed by atoms with Crippen molar-refractivity contribution < 1.29 is 24.4 Å². The van der Waals surface area contributed by atoms with Gasteiger partial charge in [-0.2, -0.15) is 0 Å². The number of azo groups is 1. The summed E-state index contributed by atoms with van der Waals surface area (Å²) in [6.07, 6.45) is 0. The van der Waals surface area contributed by atoms with Gasteiger partial charge in [0.2, 0.25) is 11.8 Å². The van der Waals surface area contributed by atoms with Crippen molar-refractivity contribution >= 4 is 51.4 Å². The Bertz CT molecular complexity index is 1540. The molecule has 4 aromatic rings. The Kier molecular flexibility index (Phi) is 7.00. The third-order valence-electron chi connectivity index (χ3n) is 5.33. The predicted octanol–water partition coefficient (Wildman–Crippen LogP) is 4.45. The highest BCUT2D eigenvalue weighted by Gasteiger charge is 2.20. The predicted molar refractivity (Wildman–Crippen MR) is 135 cm³/mol. The second-order valence-electron chi connectivity index (χ2n) is 7.95. The van der Waals surface area contributed by atoms with Crippen LogP contribution < -0.4 is 10.6 Å². The number of non-ortho nitro benzene ring substituents is 1. The van der Waals surface area contributed by atoms with E-state index in [0.29, 0.717) is 16.6 Å². The van der Waals surface area contributed by atoms with E-state index in [1.54, 1.807) is 36.4 Å². The van der Waals surface area contributed by atoms with E-state index in [2.05, 4.69) is 20.9 Å². The molecule has 186 valence electrons. The molecule has 0 aliphatic heterocycles. The molecular weight excluding hydrogens is 480 g/mol. The molecule has 0 fully saturated rings. The first-order chi connectivity index (χ1) is 17.7. The van der Waals surface area contributed by atoms with Crippen LogP contribution in [0.15, 0.2) is 83.0 Å². The lowest BCUT2D eigenvalue weighted by atomic mass is 10.2. The smallest absolute Gasteiger partial charge is 0.353 e. The highest BCUT2D eigenvalue weighted by atomic mass is 16.6. The number of carbonyl (C=O) groups excluding carboxylic acids is 3. The molecule has 37 heavy (non-hydrogen) atoms. The topological polar surface area (TPSA) is 168 Å². The zero-order valence-corrected chi connectivity index (χ0v) is 19.4. The summed E-state index contributed by atoms with van der Waals surface area (Å²) in [7, 11) is 0. The van der Waals surface area contributed by atoms with Crippen LogP contribution in [0, 0.1) is 17.0 Å². The number of nitrogens with one attached hydrogen (secondary N) is 2. The number of nitro benzene ring substituents is 1. The molecule has 3 aromatic carbocycles. The zero-order chi connectivity index (χ0) is 26.5. The normalized spacial score (nSPS) is 10.9. The van der Waals surface area contributed by atoms with E-state index < -0.39 is 28.5 Å². The van der Waals surface area contributed by atoms with Crippen molar-refractivity contribution in [1.29, 1.82) is 0 Å². The average molecular weight is 500 g/mol. The number of rotatable bonds is 6. The maximum Gasteiger partial charge on any atom is 0.353 e. The molecule has 4 rings (SSSR count). The Morgan fingerprint density at radius 3 is 2.24 bits per heavy atom. The molecule has 3 amide bonds. The summed E-state index contributed by atoms with van der Waals surface area (Å²) in [5.74, 6) is -3.19. The second-order valence-corrected chi connectivity index (χ2v) is 7.95. The number of hydrogen-bond acceptors (Lipinski definition) is 7. The van der Waals surface area contributed by atoms with E-state index >= 15 is 0 Å². The molecule has 1 heterocycles. The van der Waals surface area contributed by atoms with Crippen molar-refractivity contribution in [3.63, 3.8) is 0 Å². The van der Waals surface area contributed by atoms with Crippen LogP contribution in [-0.4, -0.2) is 32.3 Å². The average Bonchev–Trinajstić information content (AvgIpc) is 3.14. The fraction of sp³-hybridized carbons (Fsp3) is 0.0800. The van der Waals surface area contributed by atoms with Crippen LogP contribution in [0.1, 0.15) is 5.56 Å². The van der Waals surface area contributed by atoms with Gasteiger partial charge in [-0.05, 0) is 37.3 Å². The number of para-hydroxylation sites is 1.